The molecular weight excluding hydrogens is 815 g/mol. The first-order chi connectivity index (χ1) is 32.5. The van der Waals surface area contributed by atoms with Crippen molar-refractivity contribution in [3.63, 3.8) is 0 Å². The molecule has 0 saturated carbocycles. The van der Waals surface area contributed by atoms with E-state index in [1.165, 1.54) is 98.1 Å². The summed E-state index contributed by atoms with van der Waals surface area (Å²) in [4.78, 5) is 2.43. The average molecular weight is 860 g/mol. The van der Waals surface area contributed by atoms with E-state index in [4.69, 9.17) is 0 Å². The van der Waals surface area contributed by atoms with Crippen LogP contribution in [0.4, 0.5) is 17.1 Å². The van der Waals surface area contributed by atoms with Gasteiger partial charge in [-0.25, -0.2) is 0 Å². The molecule has 66 heavy (non-hydrogen) atoms. The van der Waals surface area contributed by atoms with E-state index in [9.17, 15) is 0 Å². The third-order valence-corrected chi connectivity index (χ3v) is 15.7. The maximum atomic E-state index is 2.52. The first-order valence-corrected chi connectivity index (χ1v) is 23.8. The van der Waals surface area contributed by atoms with Crippen LogP contribution < -0.4 is 4.90 Å². The fraction of sp³-hybridized carbons (Fsp3) is 0.0625. The summed E-state index contributed by atoms with van der Waals surface area (Å²) >= 11 is 1.87. The van der Waals surface area contributed by atoms with E-state index in [0.717, 1.165) is 17.1 Å². The number of hydrogen-bond acceptors (Lipinski definition) is 2. The zero-order chi connectivity index (χ0) is 44.0. The fourth-order valence-corrected chi connectivity index (χ4v) is 12.6. The summed E-state index contributed by atoms with van der Waals surface area (Å²) in [6.45, 7) is 4.79. The highest BCUT2D eigenvalue weighted by molar-refractivity contribution is 7.25. The van der Waals surface area contributed by atoms with Crippen LogP contribution in [-0.4, -0.2) is 0 Å². The SMILES string of the molecule is CC1(C)c2ccccc2C2(c3ccccc3-c3ccc(-c4ccc5sc6ccc(N(c7ccc(-c8ccccc8)cc7)c7ccccc7-c7ccccc7)cc6c5c4)cc32)c2ccccc21. The molecule has 1 aromatic heterocycles. The minimum Gasteiger partial charge on any atom is -0.310 e. The highest BCUT2D eigenvalue weighted by Gasteiger charge is 2.53. The lowest BCUT2D eigenvalue weighted by Crippen LogP contribution is -2.40. The fourth-order valence-electron chi connectivity index (χ4n) is 11.5. The molecule has 0 amide bonds. The number of nitrogens with zero attached hydrogens (tertiary/aromatic N) is 1. The number of hydrogen-bond donors (Lipinski definition) is 0. The third-order valence-electron chi connectivity index (χ3n) is 14.6. The number of para-hydroxylation sites is 1. The van der Waals surface area contributed by atoms with Gasteiger partial charge in [-0.05, 0) is 127 Å². The molecule has 1 nitrogen and oxygen atoms in total. The summed E-state index contributed by atoms with van der Waals surface area (Å²) in [5.41, 5.74) is 21.0. The Kier molecular flexibility index (Phi) is 8.72. The zero-order valence-corrected chi connectivity index (χ0v) is 37.7. The topological polar surface area (TPSA) is 3.24 Å². The van der Waals surface area contributed by atoms with Crippen molar-refractivity contribution in [2.24, 2.45) is 0 Å². The minimum atomic E-state index is -0.433. The number of benzene rings is 10. The number of anilines is 3. The standard InChI is InChI=1S/C64H45NS/c1-63(2)55-24-12-14-26-57(55)64(58-27-15-13-25-56(58)63)54-23-11-9-22-50(54)51-36-31-46(40-59(51)64)45-32-37-61-52(39-45)53-41-48(35-38-62(53)66-61)65(47-33-29-43(30-34-47)42-17-5-3-6-18-42)60-28-16-10-21-49(60)44-19-7-4-8-20-44/h3-41H,1-2H3. The van der Waals surface area contributed by atoms with Crippen molar-refractivity contribution in [3.8, 4) is 44.5 Å². The van der Waals surface area contributed by atoms with Gasteiger partial charge in [0.2, 0.25) is 0 Å². The highest BCUT2D eigenvalue weighted by Crippen LogP contribution is 2.62. The van der Waals surface area contributed by atoms with Gasteiger partial charge in [0.05, 0.1) is 11.1 Å². The van der Waals surface area contributed by atoms with Crippen LogP contribution in [0, 0.1) is 0 Å². The Labute approximate surface area is 390 Å². The molecule has 0 atom stereocenters. The van der Waals surface area contributed by atoms with E-state index in [-0.39, 0.29) is 5.41 Å². The molecule has 11 aromatic rings. The second-order valence-corrected chi connectivity index (χ2v) is 19.5. The van der Waals surface area contributed by atoms with E-state index in [1.54, 1.807) is 0 Å². The zero-order valence-electron chi connectivity index (χ0n) is 36.9. The number of fused-ring (bicyclic) bond motifs is 12. The lowest BCUT2D eigenvalue weighted by molar-refractivity contribution is 0.563. The summed E-state index contributed by atoms with van der Waals surface area (Å²) < 4.78 is 2.57. The van der Waals surface area contributed by atoms with Crippen molar-refractivity contribution in [2.75, 3.05) is 4.90 Å². The van der Waals surface area contributed by atoms with Gasteiger partial charge >= 0.3 is 0 Å². The Bertz CT molecular complexity index is 3620. The molecule has 312 valence electrons. The van der Waals surface area contributed by atoms with Crippen LogP contribution in [0.3, 0.4) is 0 Å². The lowest BCUT2D eigenvalue weighted by Gasteiger charge is -2.46. The van der Waals surface area contributed by atoms with E-state index in [0.29, 0.717) is 0 Å². The van der Waals surface area contributed by atoms with Gasteiger partial charge in [0.15, 0.2) is 0 Å². The van der Waals surface area contributed by atoms with Gasteiger partial charge in [0.25, 0.3) is 0 Å². The van der Waals surface area contributed by atoms with Crippen LogP contribution in [0.25, 0.3) is 64.7 Å². The summed E-state index contributed by atoms with van der Waals surface area (Å²) in [6.07, 6.45) is 0. The van der Waals surface area contributed by atoms with Crippen LogP contribution in [0.1, 0.15) is 47.2 Å². The second kappa shape index (κ2) is 14.9. The Hall–Kier alpha value is -7.78. The molecule has 10 aromatic carbocycles. The third kappa shape index (κ3) is 5.71. The maximum Gasteiger partial charge on any atom is 0.0719 e. The Morgan fingerprint density at radius 1 is 0.318 bits per heavy atom. The maximum absolute atomic E-state index is 2.52. The number of rotatable bonds is 6. The van der Waals surface area contributed by atoms with Crippen LogP contribution in [-0.2, 0) is 10.8 Å². The largest absolute Gasteiger partial charge is 0.310 e. The average Bonchev–Trinajstić information content (AvgIpc) is 3.89. The molecule has 0 unspecified atom stereocenters. The molecule has 0 fully saturated rings. The normalized spacial score (nSPS) is 13.8. The van der Waals surface area contributed by atoms with Crippen LogP contribution in [0.2, 0.25) is 0 Å². The molecule has 0 bridgehead atoms. The Balaban J connectivity index is 0.980. The molecule has 0 radical (unpaired) electrons. The van der Waals surface area contributed by atoms with Crippen molar-refractivity contribution < 1.29 is 0 Å². The van der Waals surface area contributed by atoms with Crippen LogP contribution in [0.15, 0.2) is 237 Å². The van der Waals surface area contributed by atoms with Gasteiger partial charge in [-0.2, -0.15) is 0 Å². The Morgan fingerprint density at radius 2 is 0.788 bits per heavy atom. The summed E-state index contributed by atoms with van der Waals surface area (Å²) in [7, 11) is 0. The van der Waals surface area contributed by atoms with Crippen molar-refractivity contribution in [3.05, 3.63) is 270 Å². The van der Waals surface area contributed by atoms with E-state index >= 15 is 0 Å². The van der Waals surface area contributed by atoms with Gasteiger partial charge < -0.3 is 4.90 Å². The quantitative estimate of drug-likeness (QED) is 0.161. The Morgan fingerprint density at radius 3 is 1.48 bits per heavy atom. The molecule has 0 N–H and O–H groups in total. The molecule has 2 aliphatic rings. The monoisotopic (exact) mass is 859 g/mol. The second-order valence-electron chi connectivity index (χ2n) is 18.4. The molecule has 2 heteroatoms. The van der Waals surface area contributed by atoms with E-state index in [2.05, 4.69) is 255 Å². The van der Waals surface area contributed by atoms with Crippen molar-refractivity contribution in [1.29, 1.82) is 0 Å². The number of thiophene rings is 1. The molecular formula is C64H45NS. The minimum absolute atomic E-state index is 0.136. The van der Waals surface area contributed by atoms with E-state index in [1.807, 2.05) is 11.3 Å². The first kappa shape index (κ1) is 38.7. The van der Waals surface area contributed by atoms with Gasteiger partial charge in [-0.1, -0.05) is 196 Å². The van der Waals surface area contributed by atoms with Crippen LogP contribution in [0.5, 0.6) is 0 Å². The van der Waals surface area contributed by atoms with Gasteiger partial charge in [0, 0.05) is 42.5 Å². The van der Waals surface area contributed by atoms with Gasteiger partial charge in [-0.15, -0.1) is 11.3 Å². The highest BCUT2D eigenvalue weighted by atomic mass is 32.1. The van der Waals surface area contributed by atoms with Crippen molar-refractivity contribution >= 4 is 48.6 Å². The van der Waals surface area contributed by atoms with Crippen LogP contribution >= 0.6 is 11.3 Å². The van der Waals surface area contributed by atoms with Crippen molar-refractivity contribution in [1.82, 2.24) is 0 Å². The smallest absolute Gasteiger partial charge is 0.0719 e. The predicted octanol–water partition coefficient (Wildman–Crippen LogP) is 17.5. The predicted molar refractivity (Wildman–Crippen MR) is 280 cm³/mol. The van der Waals surface area contributed by atoms with Crippen molar-refractivity contribution in [2.45, 2.75) is 24.7 Å². The summed E-state index contributed by atoms with van der Waals surface area (Å²) in [6, 6.07) is 88.2. The van der Waals surface area contributed by atoms with Gasteiger partial charge in [0.1, 0.15) is 0 Å². The summed E-state index contributed by atoms with van der Waals surface area (Å²) in [5, 5.41) is 2.54. The molecule has 0 saturated heterocycles. The molecule has 1 heterocycles. The lowest BCUT2D eigenvalue weighted by atomic mass is 9.55. The van der Waals surface area contributed by atoms with E-state index < -0.39 is 5.41 Å². The summed E-state index contributed by atoms with van der Waals surface area (Å²) in [5.74, 6) is 0. The molecule has 2 aliphatic carbocycles. The molecule has 1 spiro atoms. The molecule has 13 rings (SSSR count). The van der Waals surface area contributed by atoms with Gasteiger partial charge in [-0.3, -0.25) is 0 Å². The first-order valence-electron chi connectivity index (χ1n) is 23.0. The molecule has 0 aliphatic heterocycles.